The van der Waals surface area contributed by atoms with Gasteiger partial charge in [-0.1, -0.05) is 11.6 Å². The number of nitrogens with zero attached hydrogens (tertiary/aromatic N) is 1. The van der Waals surface area contributed by atoms with E-state index in [1.807, 2.05) is 42.9 Å². The highest BCUT2D eigenvalue weighted by molar-refractivity contribution is 7.98. The molecule has 0 N–H and O–H groups in total. The van der Waals surface area contributed by atoms with Gasteiger partial charge in [0.15, 0.2) is 6.61 Å². The zero-order valence-corrected chi connectivity index (χ0v) is 17.4. The maximum absolute atomic E-state index is 12.6. The van der Waals surface area contributed by atoms with Gasteiger partial charge in [0.05, 0.1) is 23.4 Å². The quantitative estimate of drug-likeness (QED) is 0.302. The minimum atomic E-state index is -0.612. The predicted molar refractivity (Wildman–Crippen MR) is 110 cm³/mol. The molecule has 0 unspecified atom stereocenters. The Morgan fingerprint density at radius 1 is 1.18 bits per heavy atom. The van der Waals surface area contributed by atoms with Crippen LogP contribution in [0.1, 0.15) is 37.9 Å². The molecular weight excluding hydrogens is 398 g/mol. The lowest BCUT2D eigenvalue weighted by Crippen LogP contribution is -2.15. The van der Waals surface area contributed by atoms with Crippen LogP contribution in [0.3, 0.4) is 0 Å². The summed E-state index contributed by atoms with van der Waals surface area (Å²) >= 11 is 7.58. The highest BCUT2D eigenvalue weighted by atomic mass is 35.5. The van der Waals surface area contributed by atoms with Gasteiger partial charge in [-0.2, -0.15) is 0 Å². The van der Waals surface area contributed by atoms with Gasteiger partial charge in [-0.05, 0) is 56.5 Å². The van der Waals surface area contributed by atoms with Gasteiger partial charge in [-0.3, -0.25) is 4.79 Å². The van der Waals surface area contributed by atoms with Crippen molar-refractivity contribution in [3.8, 4) is 0 Å². The molecule has 0 amide bonds. The molecule has 2 heterocycles. The first-order valence-electron chi connectivity index (χ1n) is 8.63. The average Bonchev–Trinajstić information content (AvgIpc) is 3.30. The van der Waals surface area contributed by atoms with Crippen LogP contribution in [0, 0.1) is 13.8 Å². The second-order valence-corrected chi connectivity index (χ2v) is 7.58. The molecule has 3 aromatic rings. The molecule has 0 spiro atoms. The van der Waals surface area contributed by atoms with Crippen LogP contribution in [-0.2, 0) is 11.3 Å². The summed E-state index contributed by atoms with van der Waals surface area (Å²) in [5, 5.41) is 0.298. The fourth-order valence-electron chi connectivity index (χ4n) is 2.96. The first kappa shape index (κ1) is 20.3. The summed E-state index contributed by atoms with van der Waals surface area (Å²) in [5.41, 5.74) is 2.52. The standard InChI is InChI=1S/C21H20ClNO4S/c1-13-9-17(14(2)23(13)11-15-5-4-8-26-15)20(24)12-27-21(25)18-10-16(28-3)6-7-19(18)22/h4-10H,11-12H2,1-3H3. The Bertz CT molecular complexity index is 1010. The molecule has 0 radical (unpaired) electrons. The molecule has 1 aromatic carbocycles. The van der Waals surface area contributed by atoms with Crippen molar-refractivity contribution < 1.29 is 18.7 Å². The second-order valence-electron chi connectivity index (χ2n) is 6.30. The Morgan fingerprint density at radius 2 is 1.96 bits per heavy atom. The molecule has 0 atom stereocenters. The van der Waals surface area contributed by atoms with E-state index in [-0.39, 0.29) is 18.0 Å². The van der Waals surface area contributed by atoms with Gasteiger partial charge >= 0.3 is 5.97 Å². The van der Waals surface area contributed by atoms with E-state index in [9.17, 15) is 9.59 Å². The zero-order chi connectivity index (χ0) is 20.3. The van der Waals surface area contributed by atoms with Crippen LogP contribution >= 0.6 is 23.4 Å². The molecule has 7 heteroatoms. The SMILES string of the molecule is CSc1ccc(Cl)c(C(=O)OCC(=O)c2cc(C)n(Cc3ccco3)c2C)c1. The van der Waals surface area contributed by atoms with Crippen molar-refractivity contribution in [1.29, 1.82) is 0 Å². The van der Waals surface area contributed by atoms with Gasteiger partial charge in [-0.15, -0.1) is 11.8 Å². The summed E-state index contributed by atoms with van der Waals surface area (Å²) in [6.07, 6.45) is 3.52. The van der Waals surface area contributed by atoms with Gasteiger partial charge < -0.3 is 13.7 Å². The highest BCUT2D eigenvalue weighted by Gasteiger charge is 2.19. The molecule has 28 heavy (non-hydrogen) atoms. The van der Waals surface area contributed by atoms with Crippen molar-refractivity contribution in [2.45, 2.75) is 25.3 Å². The van der Waals surface area contributed by atoms with Crippen LogP contribution in [0.25, 0.3) is 0 Å². The van der Waals surface area contributed by atoms with Crippen LogP contribution in [0.5, 0.6) is 0 Å². The summed E-state index contributed by atoms with van der Waals surface area (Å²) < 4.78 is 12.6. The number of ether oxygens (including phenoxy) is 1. The topological polar surface area (TPSA) is 61.4 Å². The minimum Gasteiger partial charge on any atom is -0.467 e. The van der Waals surface area contributed by atoms with Gasteiger partial charge in [0.2, 0.25) is 5.78 Å². The number of esters is 1. The molecule has 0 aliphatic rings. The monoisotopic (exact) mass is 417 g/mol. The van der Waals surface area contributed by atoms with E-state index in [0.717, 1.165) is 22.0 Å². The fraction of sp³-hybridized carbons (Fsp3) is 0.238. The Labute approximate surface area is 172 Å². The second kappa shape index (κ2) is 8.71. The fourth-order valence-corrected chi connectivity index (χ4v) is 3.59. The maximum Gasteiger partial charge on any atom is 0.340 e. The number of aryl methyl sites for hydroxylation is 1. The highest BCUT2D eigenvalue weighted by Crippen LogP contribution is 2.24. The number of halogens is 1. The van der Waals surface area contributed by atoms with Gasteiger partial charge in [0, 0.05) is 21.8 Å². The third kappa shape index (κ3) is 4.34. The molecule has 0 saturated heterocycles. The summed E-state index contributed by atoms with van der Waals surface area (Å²) in [6.45, 7) is 3.98. The Morgan fingerprint density at radius 3 is 2.64 bits per heavy atom. The Hall–Kier alpha value is -2.44. The van der Waals surface area contributed by atoms with E-state index < -0.39 is 5.97 Å². The van der Waals surface area contributed by atoms with E-state index in [1.165, 1.54) is 11.8 Å². The Kier molecular flexibility index (Phi) is 6.31. The van der Waals surface area contributed by atoms with Crippen molar-refractivity contribution in [3.05, 3.63) is 76.0 Å². The number of carbonyl (C=O) groups is 2. The van der Waals surface area contributed by atoms with Crippen molar-refractivity contribution >= 4 is 35.1 Å². The number of Topliss-reactive ketones (excluding diaryl/α,β-unsaturated/α-hetero) is 1. The number of rotatable bonds is 7. The summed E-state index contributed by atoms with van der Waals surface area (Å²) in [4.78, 5) is 25.9. The van der Waals surface area contributed by atoms with Crippen LogP contribution in [-0.4, -0.2) is 29.2 Å². The van der Waals surface area contributed by atoms with Crippen LogP contribution in [0.2, 0.25) is 5.02 Å². The number of carbonyl (C=O) groups excluding carboxylic acids is 2. The molecule has 0 aliphatic heterocycles. The predicted octanol–water partition coefficient (Wildman–Crippen LogP) is 5.16. The molecule has 5 nitrogen and oxygen atoms in total. The lowest BCUT2D eigenvalue weighted by molar-refractivity contribution is 0.0474. The molecule has 3 rings (SSSR count). The normalized spacial score (nSPS) is 10.9. The van der Waals surface area contributed by atoms with Crippen molar-refractivity contribution in [2.75, 3.05) is 12.9 Å². The van der Waals surface area contributed by atoms with Gasteiger partial charge in [-0.25, -0.2) is 4.79 Å². The largest absolute Gasteiger partial charge is 0.467 e. The summed E-state index contributed by atoms with van der Waals surface area (Å²) in [5.74, 6) is -0.0709. The number of furan rings is 1. The number of ketones is 1. The molecule has 0 bridgehead atoms. The van der Waals surface area contributed by atoms with Crippen molar-refractivity contribution in [3.63, 3.8) is 0 Å². The van der Waals surface area contributed by atoms with Crippen LogP contribution in [0.4, 0.5) is 0 Å². The van der Waals surface area contributed by atoms with Crippen molar-refractivity contribution in [2.24, 2.45) is 0 Å². The number of aromatic nitrogens is 1. The van der Waals surface area contributed by atoms with Crippen LogP contribution < -0.4 is 0 Å². The maximum atomic E-state index is 12.6. The third-order valence-electron chi connectivity index (χ3n) is 4.50. The number of thioether (sulfide) groups is 1. The Balaban J connectivity index is 1.71. The number of hydrogen-bond acceptors (Lipinski definition) is 5. The first-order chi connectivity index (χ1) is 13.4. The van der Waals surface area contributed by atoms with Crippen molar-refractivity contribution in [1.82, 2.24) is 4.57 Å². The summed E-state index contributed by atoms with van der Waals surface area (Å²) in [6, 6.07) is 10.6. The average molecular weight is 418 g/mol. The third-order valence-corrected chi connectivity index (χ3v) is 5.55. The van der Waals surface area contributed by atoms with Gasteiger partial charge in [0.1, 0.15) is 5.76 Å². The van der Waals surface area contributed by atoms with E-state index in [1.54, 1.807) is 24.5 Å². The lowest BCUT2D eigenvalue weighted by atomic mass is 10.1. The van der Waals surface area contributed by atoms with E-state index in [4.69, 9.17) is 20.8 Å². The lowest BCUT2D eigenvalue weighted by Gasteiger charge is -2.09. The molecular formula is C21H20ClNO4S. The number of benzene rings is 1. The van der Waals surface area contributed by atoms with Crippen LogP contribution in [0.15, 0.2) is 52.0 Å². The van der Waals surface area contributed by atoms with E-state index >= 15 is 0 Å². The smallest absolute Gasteiger partial charge is 0.340 e. The molecule has 0 saturated carbocycles. The minimum absolute atomic E-state index is 0.254. The zero-order valence-electron chi connectivity index (χ0n) is 15.8. The van der Waals surface area contributed by atoms with E-state index in [0.29, 0.717) is 17.1 Å². The number of hydrogen-bond donors (Lipinski definition) is 0. The van der Waals surface area contributed by atoms with E-state index in [2.05, 4.69) is 0 Å². The summed E-state index contributed by atoms with van der Waals surface area (Å²) in [7, 11) is 0. The van der Waals surface area contributed by atoms with Gasteiger partial charge in [0.25, 0.3) is 0 Å². The first-order valence-corrected chi connectivity index (χ1v) is 10.2. The molecule has 2 aromatic heterocycles. The molecule has 146 valence electrons. The molecule has 0 aliphatic carbocycles. The molecule has 0 fully saturated rings.